The Morgan fingerprint density at radius 3 is 2.94 bits per heavy atom. The zero-order valence-electron chi connectivity index (χ0n) is 9.00. The van der Waals surface area contributed by atoms with Gasteiger partial charge < -0.3 is 4.57 Å². The fourth-order valence-corrected chi connectivity index (χ4v) is 1.49. The topological polar surface area (TPSA) is 60.7 Å². The van der Waals surface area contributed by atoms with Crippen molar-refractivity contribution in [2.75, 3.05) is 0 Å². The number of carbonyl (C=O) groups excluding carboxylic acids is 1. The Bertz CT molecular complexity index is 478. The van der Waals surface area contributed by atoms with Gasteiger partial charge in [0.1, 0.15) is 0 Å². The van der Waals surface area contributed by atoms with Crippen molar-refractivity contribution in [2.45, 2.75) is 19.9 Å². The van der Waals surface area contributed by atoms with Gasteiger partial charge in [-0.15, -0.1) is 0 Å². The summed E-state index contributed by atoms with van der Waals surface area (Å²) in [5, 5.41) is 7.32. The molecule has 2 aromatic rings. The molecule has 0 N–H and O–H groups in total. The predicted molar refractivity (Wildman–Crippen MR) is 58.0 cm³/mol. The van der Waals surface area contributed by atoms with Crippen LogP contribution in [0.15, 0.2) is 30.9 Å². The van der Waals surface area contributed by atoms with Crippen molar-refractivity contribution in [1.82, 2.24) is 19.7 Å². The summed E-state index contributed by atoms with van der Waals surface area (Å²) in [6.45, 7) is 2.85. The SMILES string of the molecule is CCCn1ccnc1C(=O)c1ccnnc1. The first-order valence-corrected chi connectivity index (χ1v) is 5.15. The average Bonchev–Trinajstić information content (AvgIpc) is 2.78. The molecule has 0 unspecified atom stereocenters. The molecule has 0 radical (unpaired) electrons. The molecular formula is C11H12N4O. The summed E-state index contributed by atoms with van der Waals surface area (Å²) in [4.78, 5) is 16.1. The Labute approximate surface area is 93.2 Å². The molecule has 0 aliphatic rings. The summed E-state index contributed by atoms with van der Waals surface area (Å²) in [5.41, 5.74) is 0.513. The molecule has 2 aromatic heterocycles. The molecule has 0 fully saturated rings. The first-order valence-electron chi connectivity index (χ1n) is 5.15. The Morgan fingerprint density at radius 1 is 1.38 bits per heavy atom. The van der Waals surface area contributed by atoms with Crippen LogP contribution >= 0.6 is 0 Å². The van der Waals surface area contributed by atoms with E-state index in [1.54, 1.807) is 12.3 Å². The minimum atomic E-state index is -0.117. The first kappa shape index (κ1) is 10.5. The van der Waals surface area contributed by atoms with Crippen LogP contribution < -0.4 is 0 Å². The molecule has 0 saturated heterocycles. The summed E-state index contributed by atoms with van der Waals surface area (Å²) in [7, 11) is 0. The molecule has 82 valence electrons. The number of hydrogen-bond acceptors (Lipinski definition) is 4. The number of rotatable bonds is 4. The smallest absolute Gasteiger partial charge is 0.230 e. The van der Waals surface area contributed by atoms with Crippen LogP contribution in [0.1, 0.15) is 29.5 Å². The second kappa shape index (κ2) is 4.65. The van der Waals surface area contributed by atoms with E-state index in [1.807, 2.05) is 10.8 Å². The molecule has 0 aliphatic heterocycles. The Morgan fingerprint density at radius 2 is 2.25 bits per heavy atom. The van der Waals surface area contributed by atoms with Crippen molar-refractivity contribution in [3.63, 3.8) is 0 Å². The normalized spacial score (nSPS) is 10.3. The number of nitrogens with zero attached hydrogens (tertiary/aromatic N) is 4. The Hall–Kier alpha value is -2.04. The molecule has 0 amide bonds. The fourth-order valence-electron chi connectivity index (χ4n) is 1.49. The van der Waals surface area contributed by atoms with Gasteiger partial charge in [0.2, 0.25) is 5.78 Å². The van der Waals surface area contributed by atoms with Crippen molar-refractivity contribution < 1.29 is 4.79 Å². The van der Waals surface area contributed by atoms with E-state index >= 15 is 0 Å². The highest BCUT2D eigenvalue weighted by molar-refractivity contribution is 6.06. The van der Waals surface area contributed by atoms with Crippen LogP contribution in [0.25, 0.3) is 0 Å². The van der Waals surface area contributed by atoms with Gasteiger partial charge in [0.25, 0.3) is 0 Å². The predicted octanol–water partition coefficient (Wildman–Crippen LogP) is 1.31. The third kappa shape index (κ3) is 1.98. The van der Waals surface area contributed by atoms with Crippen LogP contribution in [0.4, 0.5) is 0 Å². The standard InChI is InChI=1S/C11H12N4O/c1-2-6-15-7-5-12-11(15)10(16)9-3-4-13-14-8-9/h3-5,7-8H,2,6H2,1H3. The van der Waals surface area contributed by atoms with Crippen LogP contribution in [-0.2, 0) is 6.54 Å². The Balaban J connectivity index is 2.31. The van der Waals surface area contributed by atoms with Crippen LogP contribution in [0.5, 0.6) is 0 Å². The number of aryl methyl sites for hydroxylation is 1. The largest absolute Gasteiger partial charge is 0.328 e. The van der Waals surface area contributed by atoms with Crippen molar-refractivity contribution in [3.8, 4) is 0 Å². The molecule has 0 atom stereocenters. The molecule has 0 spiro atoms. The number of hydrogen-bond donors (Lipinski definition) is 0. The van der Waals surface area contributed by atoms with Gasteiger partial charge in [-0.3, -0.25) is 4.79 Å². The molecule has 2 rings (SSSR count). The van der Waals surface area contributed by atoms with Crippen LogP contribution in [-0.4, -0.2) is 25.5 Å². The molecule has 2 heterocycles. The van der Waals surface area contributed by atoms with E-state index in [9.17, 15) is 4.79 Å². The van der Waals surface area contributed by atoms with Gasteiger partial charge in [-0.25, -0.2) is 4.98 Å². The summed E-state index contributed by atoms with van der Waals surface area (Å²) in [6.07, 6.45) is 7.36. The zero-order valence-corrected chi connectivity index (χ0v) is 9.00. The number of imidazole rings is 1. The molecule has 16 heavy (non-hydrogen) atoms. The van der Waals surface area contributed by atoms with Gasteiger partial charge in [-0.1, -0.05) is 6.92 Å². The van der Waals surface area contributed by atoms with E-state index in [0.717, 1.165) is 13.0 Å². The van der Waals surface area contributed by atoms with Gasteiger partial charge in [0.05, 0.1) is 12.4 Å². The molecular weight excluding hydrogens is 204 g/mol. The van der Waals surface area contributed by atoms with Crippen LogP contribution in [0.3, 0.4) is 0 Å². The first-order chi connectivity index (χ1) is 7.83. The maximum atomic E-state index is 12.1. The highest BCUT2D eigenvalue weighted by atomic mass is 16.1. The monoisotopic (exact) mass is 216 g/mol. The van der Waals surface area contributed by atoms with Gasteiger partial charge in [-0.2, -0.15) is 10.2 Å². The zero-order chi connectivity index (χ0) is 11.4. The van der Waals surface area contributed by atoms with E-state index in [-0.39, 0.29) is 5.78 Å². The van der Waals surface area contributed by atoms with E-state index in [2.05, 4.69) is 22.1 Å². The number of aromatic nitrogens is 4. The second-order valence-electron chi connectivity index (χ2n) is 3.40. The van der Waals surface area contributed by atoms with E-state index in [0.29, 0.717) is 11.4 Å². The lowest BCUT2D eigenvalue weighted by molar-refractivity contribution is 0.102. The Kier molecular flexibility index (Phi) is 3.05. The third-order valence-corrected chi connectivity index (χ3v) is 2.23. The third-order valence-electron chi connectivity index (χ3n) is 2.23. The van der Waals surface area contributed by atoms with Gasteiger partial charge >= 0.3 is 0 Å². The number of carbonyl (C=O) groups is 1. The fraction of sp³-hybridized carbons (Fsp3) is 0.273. The van der Waals surface area contributed by atoms with Gasteiger partial charge in [0.15, 0.2) is 5.82 Å². The lowest BCUT2D eigenvalue weighted by atomic mass is 10.2. The minimum Gasteiger partial charge on any atom is -0.328 e. The van der Waals surface area contributed by atoms with Crippen LogP contribution in [0, 0.1) is 0 Å². The molecule has 0 bridgehead atoms. The second-order valence-corrected chi connectivity index (χ2v) is 3.40. The van der Waals surface area contributed by atoms with E-state index in [1.165, 1.54) is 12.4 Å². The van der Waals surface area contributed by atoms with Crippen molar-refractivity contribution in [2.24, 2.45) is 0 Å². The summed E-state index contributed by atoms with van der Waals surface area (Å²) < 4.78 is 1.85. The number of ketones is 1. The van der Waals surface area contributed by atoms with Crippen molar-refractivity contribution >= 4 is 5.78 Å². The summed E-state index contributed by atoms with van der Waals surface area (Å²) in [5.74, 6) is 0.336. The molecule has 5 nitrogen and oxygen atoms in total. The van der Waals surface area contributed by atoms with Crippen molar-refractivity contribution in [3.05, 3.63) is 42.2 Å². The summed E-state index contributed by atoms with van der Waals surface area (Å²) >= 11 is 0. The molecule has 0 saturated carbocycles. The average molecular weight is 216 g/mol. The lowest BCUT2D eigenvalue weighted by Gasteiger charge is -2.04. The van der Waals surface area contributed by atoms with Gasteiger partial charge in [-0.05, 0) is 12.5 Å². The van der Waals surface area contributed by atoms with Crippen molar-refractivity contribution in [1.29, 1.82) is 0 Å². The maximum absolute atomic E-state index is 12.1. The van der Waals surface area contributed by atoms with E-state index < -0.39 is 0 Å². The van der Waals surface area contributed by atoms with Crippen LogP contribution in [0.2, 0.25) is 0 Å². The highest BCUT2D eigenvalue weighted by Crippen LogP contribution is 2.07. The quantitative estimate of drug-likeness (QED) is 0.723. The minimum absolute atomic E-state index is 0.117. The lowest BCUT2D eigenvalue weighted by Crippen LogP contribution is -2.11. The van der Waals surface area contributed by atoms with E-state index in [4.69, 9.17) is 0 Å². The summed E-state index contributed by atoms with van der Waals surface area (Å²) in [6, 6.07) is 1.64. The maximum Gasteiger partial charge on any atom is 0.230 e. The molecule has 0 aromatic carbocycles. The van der Waals surface area contributed by atoms with Gasteiger partial charge in [0, 0.05) is 24.5 Å². The highest BCUT2D eigenvalue weighted by Gasteiger charge is 2.14. The molecule has 5 heteroatoms. The molecule has 0 aliphatic carbocycles.